The number of fused-ring (bicyclic) bond motifs is 1. The first-order chi connectivity index (χ1) is 12.8. The maximum absolute atomic E-state index is 12.4. The number of hydrogen-bond acceptors (Lipinski definition) is 5. The van der Waals surface area contributed by atoms with Crippen LogP contribution in [-0.2, 0) is 11.3 Å². The predicted octanol–water partition coefficient (Wildman–Crippen LogP) is 2.89. The van der Waals surface area contributed by atoms with E-state index in [1.807, 2.05) is 49.4 Å². The molecule has 26 heavy (non-hydrogen) atoms. The predicted molar refractivity (Wildman–Crippen MR) is 99.9 cm³/mol. The summed E-state index contributed by atoms with van der Waals surface area (Å²) in [5.41, 5.74) is 0.650. The lowest BCUT2D eigenvalue weighted by molar-refractivity contribution is 0.0926. The Hall–Kier alpha value is -2.86. The topological polar surface area (TPSA) is 62.6 Å². The van der Waals surface area contributed by atoms with Crippen molar-refractivity contribution >= 4 is 10.9 Å². The fourth-order valence-electron chi connectivity index (χ4n) is 2.59. The van der Waals surface area contributed by atoms with Crippen LogP contribution in [0.2, 0.25) is 0 Å². The van der Waals surface area contributed by atoms with Gasteiger partial charge in [-0.2, -0.15) is 0 Å². The Balaban J connectivity index is 1.45. The lowest BCUT2D eigenvalue weighted by Crippen LogP contribution is -2.23. The highest BCUT2D eigenvalue weighted by atomic mass is 16.5. The highest BCUT2D eigenvalue weighted by Gasteiger charge is 2.04. The van der Waals surface area contributed by atoms with Crippen molar-refractivity contribution in [1.82, 2.24) is 9.55 Å². The van der Waals surface area contributed by atoms with Gasteiger partial charge in [0.1, 0.15) is 6.61 Å². The van der Waals surface area contributed by atoms with E-state index in [0.29, 0.717) is 49.6 Å². The minimum absolute atomic E-state index is 0.0545. The Morgan fingerprint density at radius 3 is 2.46 bits per heavy atom. The quantitative estimate of drug-likeness (QED) is 0.553. The highest BCUT2D eigenvalue weighted by Crippen LogP contribution is 2.26. The molecule has 6 heteroatoms. The first-order valence-electron chi connectivity index (χ1n) is 8.66. The molecular formula is C20H22N2O4. The Morgan fingerprint density at radius 1 is 0.923 bits per heavy atom. The van der Waals surface area contributed by atoms with E-state index in [0.717, 1.165) is 5.75 Å². The van der Waals surface area contributed by atoms with Gasteiger partial charge in [-0.25, -0.2) is 4.98 Å². The Morgan fingerprint density at radius 2 is 1.65 bits per heavy atom. The molecule has 0 radical (unpaired) electrons. The monoisotopic (exact) mass is 354 g/mol. The van der Waals surface area contributed by atoms with Gasteiger partial charge in [0.25, 0.3) is 5.56 Å². The molecule has 0 atom stereocenters. The summed E-state index contributed by atoms with van der Waals surface area (Å²) in [7, 11) is 0. The van der Waals surface area contributed by atoms with Gasteiger partial charge < -0.3 is 14.2 Å². The van der Waals surface area contributed by atoms with Gasteiger partial charge >= 0.3 is 0 Å². The third kappa shape index (κ3) is 4.40. The number of ether oxygens (including phenoxy) is 3. The van der Waals surface area contributed by atoms with Gasteiger partial charge in [-0.15, -0.1) is 0 Å². The third-order valence-corrected chi connectivity index (χ3v) is 3.84. The van der Waals surface area contributed by atoms with Crippen molar-refractivity contribution in [3.8, 4) is 11.5 Å². The molecule has 0 bridgehead atoms. The lowest BCUT2D eigenvalue weighted by Gasteiger charge is -2.12. The number of benzene rings is 2. The van der Waals surface area contributed by atoms with Crippen molar-refractivity contribution in [2.24, 2.45) is 0 Å². The van der Waals surface area contributed by atoms with Crippen molar-refractivity contribution in [2.45, 2.75) is 13.5 Å². The van der Waals surface area contributed by atoms with Crippen LogP contribution in [-0.4, -0.2) is 36.0 Å². The van der Waals surface area contributed by atoms with Crippen LogP contribution in [0, 0.1) is 0 Å². The summed E-state index contributed by atoms with van der Waals surface area (Å²) in [5.74, 6) is 1.43. The zero-order chi connectivity index (χ0) is 18.2. The maximum Gasteiger partial charge on any atom is 0.261 e. The second-order valence-corrected chi connectivity index (χ2v) is 5.60. The van der Waals surface area contributed by atoms with Crippen LogP contribution >= 0.6 is 0 Å². The minimum Gasteiger partial charge on any atom is -0.490 e. The standard InChI is InChI=1S/C20H22N2O4/c1-2-25-18-9-5-6-10-19(18)26-14-13-24-12-11-22-15-21-17-8-4-3-7-16(17)20(22)23/h3-10,15H,2,11-14H2,1H3. The molecule has 1 heterocycles. The van der Waals surface area contributed by atoms with Gasteiger partial charge in [0.2, 0.25) is 0 Å². The second kappa shape index (κ2) is 9.01. The maximum atomic E-state index is 12.4. The number of aromatic nitrogens is 2. The molecule has 0 unspecified atom stereocenters. The molecule has 0 spiro atoms. The Kier molecular flexibility index (Phi) is 6.22. The van der Waals surface area contributed by atoms with Gasteiger partial charge in [0, 0.05) is 0 Å². The average molecular weight is 354 g/mol. The minimum atomic E-state index is -0.0545. The van der Waals surface area contributed by atoms with E-state index in [4.69, 9.17) is 14.2 Å². The molecule has 3 rings (SSSR count). The summed E-state index contributed by atoms with van der Waals surface area (Å²) in [4.78, 5) is 16.7. The van der Waals surface area contributed by atoms with Crippen LogP contribution in [0.3, 0.4) is 0 Å². The third-order valence-electron chi connectivity index (χ3n) is 3.84. The molecule has 0 amide bonds. The van der Waals surface area contributed by atoms with Crippen LogP contribution in [0.5, 0.6) is 11.5 Å². The van der Waals surface area contributed by atoms with E-state index in [-0.39, 0.29) is 5.56 Å². The van der Waals surface area contributed by atoms with E-state index in [1.54, 1.807) is 17.0 Å². The number of para-hydroxylation sites is 3. The van der Waals surface area contributed by atoms with Gasteiger partial charge in [0.05, 0.1) is 43.6 Å². The normalized spacial score (nSPS) is 10.8. The van der Waals surface area contributed by atoms with E-state index < -0.39 is 0 Å². The van der Waals surface area contributed by atoms with Crippen LogP contribution in [0.4, 0.5) is 0 Å². The summed E-state index contributed by atoms with van der Waals surface area (Å²) in [6.45, 7) is 4.22. The Labute approximate surface area is 152 Å². The summed E-state index contributed by atoms with van der Waals surface area (Å²) in [6, 6.07) is 14.9. The highest BCUT2D eigenvalue weighted by molar-refractivity contribution is 5.76. The molecule has 0 aliphatic heterocycles. The van der Waals surface area contributed by atoms with Crippen molar-refractivity contribution in [3.63, 3.8) is 0 Å². The molecule has 0 fully saturated rings. The molecule has 1 aromatic heterocycles. The van der Waals surface area contributed by atoms with Crippen LogP contribution in [0.1, 0.15) is 6.92 Å². The van der Waals surface area contributed by atoms with Crippen molar-refractivity contribution < 1.29 is 14.2 Å². The van der Waals surface area contributed by atoms with Crippen LogP contribution in [0.25, 0.3) is 10.9 Å². The van der Waals surface area contributed by atoms with E-state index in [2.05, 4.69) is 4.98 Å². The average Bonchev–Trinajstić information content (AvgIpc) is 2.68. The summed E-state index contributed by atoms with van der Waals surface area (Å²) >= 11 is 0. The molecule has 0 N–H and O–H groups in total. The van der Waals surface area contributed by atoms with E-state index in [9.17, 15) is 4.79 Å². The molecule has 0 saturated carbocycles. The summed E-state index contributed by atoms with van der Waals surface area (Å²) < 4.78 is 18.3. The molecule has 2 aromatic carbocycles. The van der Waals surface area contributed by atoms with Crippen molar-refractivity contribution in [3.05, 3.63) is 65.2 Å². The SMILES string of the molecule is CCOc1ccccc1OCCOCCn1cnc2ccccc2c1=O. The Bertz CT molecular complexity index is 907. The molecule has 0 aliphatic carbocycles. The van der Waals surface area contributed by atoms with Gasteiger partial charge in [-0.1, -0.05) is 24.3 Å². The summed E-state index contributed by atoms with van der Waals surface area (Å²) in [5, 5.41) is 0.617. The molecule has 6 nitrogen and oxygen atoms in total. The fraction of sp³-hybridized carbons (Fsp3) is 0.300. The van der Waals surface area contributed by atoms with Crippen LogP contribution < -0.4 is 15.0 Å². The van der Waals surface area contributed by atoms with Gasteiger partial charge in [-0.05, 0) is 31.2 Å². The molecule has 0 aliphatic rings. The second-order valence-electron chi connectivity index (χ2n) is 5.60. The molecule has 136 valence electrons. The molecule has 3 aromatic rings. The van der Waals surface area contributed by atoms with Crippen LogP contribution in [0.15, 0.2) is 59.7 Å². The summed E-state index contributed by atoms with van der Waals surface area (Å²) in [6.07, 6.45) is 1.56. The van der Waals surface area contributed by atoms with Crippen molar-refractivity contribution in [1.29, 1.82) is 0 Å². The van der Waals surface area contributed by atoms with E-state index >= 15 is 0 Å². The van der Waals surface area contributed by atoms with Crippen molar-refractivity contribution in [2.75, 3.05) is 26.4 Å². The number of nitrogens with zero attached hydrogens (tertiary/aromatic N) is 2. The first-order valence-corrected chi connectivity index (χ1v) is 8.66. The fourth-order valence-corrected chi connectivity index (χ4v) is 2.59. The largest absolute Gasteiger partial charge is 0.490 e. The smallest absolute Gasteiger partial charge is 0.261 e. The number of hydrogen-bond donors (Lipinski definition) is 0. The zero-order valence-electron chi connectivity index (χ0n) is 14.8. The molecular weight excluding hydrogens is 332 g/mol. The molecule has 0 saturated heterocycles. The van der Waals surface area contributed by atoms with Gasteiger partial charge in [-0.3, -0.25) is 9.36 Å². The first kappa shape index (κ1) is 17.9. The van der Waals surface area contributed by atoms with E-state index in [1.165, 1.54) is 0 Å². The van der Waals surface area contributed by atoms with Gasteiger partial charge in [0.15, 0.2) is 11.5 Å². The lowest BCUT2D eigenvalue weighted by atomic mass is 10.2. The number of rotatable bonds is 9. The zero-order valence-corrected chi connectivity index (χ0v) is 14.8.